The molecular weight excluding hydrogens is 795 g/mol. The van der Waals surface area contributed by atoms with Crippen molar-refractivity contribution in [1.82, 2.24) is 0 Å². The lowest BCUT2D eigenvalue weighted by molar-refractivity contribution is -0.288. The maximum Gasteiger partial charge on any atom is 0.411 e. The highest BCUT2D eigenvalue weighted by atomic mass is 32.2. The number of aryl methyl sites for hydroxylation is 12. The number of hydrogen-bond acceptors (Lipinski definition) is 1. The van der Waals surface area contributed by atoms with Gasteiger partial charge in [-0.1, -0.05) is 111 Å². The summed E-state index contributed by atoms with van der Waals surface area (Å²) >= 11 is 1.83. The summed E-state index contributed by atoms with van der Waals surface area (Å²) in [6, 6.07) is 33.3. The highest BCUT2D eigenvalue weighted by Gasteiger charge is 2.72. The molecule has 0 aliphatic rings. The van der Waals surface area contributed by atoms with Crippen molar-refractivity contribution in [2.75, 3.05) is 0 Å². The molecule has 0 amide bonds. The maximum atomic E-state index is 14.0. The lowest BCUT2D eigenvalue weighted by Gasteiger charge is -2.38. The van der Waals surface area contributed by atoms with Crippen LogP contribution in [0.25, 0.3) is 0 Å². The second kappa shape index (κ2) is 19.1. The first-order valence-electron chi connectivity index (χ1n) is 20.5. The zero-order valence-corrected chi connectivity index (χ0v) is 38.9. The van der Waals surface area contributed by atoms with E-state index in [1.807, 2.05) is 11.8 Å². The first-order valence-corrected chi connectivity index (χ1v) is 21.3. The molecule has 6 aromatic carbocycles. The van der Waals surface area contributed by atoms with Crippen LogP contribution in [-0.4, -0.2) is 12.4 Å². The van der Waals surface area contributed by atoms with Crippen molar-refractivity contribution in [3.63, 3.8) is 0 Å². The highest BCUT2D eigenvalue weighted by molar-refractivity contribution is 7.99. The van der Waals surface area contributed by atoms with Crippen molar-refractivity contribution in [3.05, 3.63) is 198 Å². The normalized spacial score (nSPS) is 12.0. The van der Waals surface area contributed by atoms with E-state index in [2.05, 4.69) is 142 Å². The molecule has 0 aliphatic heterocycles. The molecular formula is C54H60F6S. The van der Waals surface area contributed by atoms with Crippen molar-refractivity contribution in [2.24, 2.45) is 0 Å². The minimum Gasteiger partial charge on any atom is -0.169 e. The SMILES string of the molecule is Cc1ccc(C(C)(C)c2ccc(C)c(C)c2)cc1C.Cc1ccc(C(c2ccc(C)c(C)c2)(C(F)(F)F)C(F)(F)F)cc1C.Cc1ccc(Sc2ccc(C)c(C)c2)cc1C. The smallest absolute Gasteiger partial charge is 0.169 e. The van der Waals surface area contributed by atoms with E-state index in [0.29, 0.717) is 22.3 Å². The average molecular weight is 855 g/mol. The first kappa shape index (κ1) is 48.9. The summed E-state index contributed by atoms with van der Waals surface area (Å²) < 4.78 is 83.9. The van der Waals surface area contributed by atoms with Crippen LogP contribution >= 0.6 is 11.8 Å². The summed E-state index contributed by atoms with van der Waals surface area (Å²) in [7, 11) is 0. The van der Waals surface area contributed by atoms with Crippen LogP contribution < -0.4 is 0 Å². The lowest BCUT2D eigenvalue weighted by atomic mass is 9.71. The third-order valence-corrected chi connectivity index (χ3v) is 13.4. The highest BCUT2D eigenvalue weighted by Crippen LogP contribution is 2.56. The van der Waals surface area contributed by atoms with E-state index in [4.69, 9.17) is 0 Å². The summed E-state index contributed by atoms with van der Waals surface area (Å²) in [4.78, 5) is 2.63. The van der Waals surface area contributed by atoms with Gasteiger partial charge in [-0.3, -0.25) is 0 Å². The van der Waals surface area contributed by atoms with Gasteiger partial charge < -0.3 is 0 Å². The fraction of sp³-hybridized carbons (Fsp3) is 0.333. The van der Waals surface area contributed by atoms with Crippen molar-refractivity contribution < 1.29 is 26.3 Å². The molecule has 0 N–H and O–H groups in total. The van der Waals surface area contributed by atoms with E-state index in [-0.39, 0.29) is 5.41 Å². The second-order valence-electron chi connectivity index (χ2n) is 17.2. The zero-order chi connectivity index (χ0) is 45.8. The molecule has 6 rings (SSSR count). The Balaban J connectivity index is 0.000000206. The quantitative estimate of drug-likeness (QED) is 0.150. The molecule has 0 heterocycles. The molecule has 0 radical (unpaired) electrons. The molecule has 0 aromatic heterocycles. The molecule has 0 fully saturated rings. The van der Waals surface area contributed by atoms with Gasteiger partial charge in [-0.15, -0.1) is 0 Å². The lowest BCUT2D eigenvalue weighted by Crippen LogP contribution is -2.54. The van der Waals surface area contributed by atoms with Crippen molar-refractivity contribution in [1.29, 1.82) is 0 Å². The van der Waals surface area contributed by atoms with Crippen molar-refractivity contribution >= 4 is 11.8 Å². The van der Waals surface area contributed by atoms with Crippen LogP contribution in [0, 0.1) is 83.1 Å². The molecule has 0 saturated heterocycles. The van der Waals surface area contributed by atoms with E-state index in [0.717, 1.165) is 24.3 Å². The molecule has 0 atom stereocenters. The Kier molecular flexibility index (Phi) is 15.3. The predicted molar refractivity (Wildman–Crippen MR) is 245 cm³/mol. The molecule has 0 bridgehead atoms. The predicted octanol–water partition coefficient (Wildman–Crippen LogP) is 16.6. The summed E-state index contributed by atoms with van der Waals surface area (Å²) in [5.74, 6) is 0. The Morgan fingerprint density at radius 3 is 0.770 bits per heavy atom. The van der Waals surface area contributed by atoms with Gasteiger partial charge in [0.15, 0.2) is 0 Å². The number of alkyl halides is 6. The Labute approximate surface area is 364 Å². The van der Waals surface area contributed by atoms with Crippen LogP contribution in [-0.2, 0) is 10.8 Å². The van der Waals surface area contributed by atoms with Crippen LogP contribution in [0.5, 0.6) is 0 Å². The molecule has 0 nitrogen and oxygen atoms in total. The Hall–Kier alpha value is -4.75. The van der Waals surface area contributed by atoms with Gasteiger partial charge in [-0.2, -0.15) is 26.3 Å². The van der Waals surface area contributed by atoms with Gasteiger partial charge in [0.2, 0.25) is 5.41 Å². The van der Waals surface area contributed by atoms with Gasteiger partial charge in [-0.05, 0) is 196 Å². The Morgan fingerprint density at radius 2 is 0.525 bits per heavy atom. The van der Waals surface area contributed by atoms with Crippen LogP contribution in [0.15, 0.2) is 119 Å². The van der Waals surface area contributed by atoms with Gasteiger partial charge in [0, 0.05) is 15.2 Å². The van der Waals surface area contributed by atoms with E-state index >= 15 is 0 Å². The molecule has 0 saturated carbocycles. The third kappa shape index (κ3) is 11.0. The van der Waals surface area contributed by atoms with Crippen LogP contribution in [0.1, 0.15) is 103 Å². The Morgan fingerprint density at radius 1 is 0.295 bits per heavy atom. The second-order valence-corrected chi connectivity index (χ2v) is 18.3. The maximum absolute atomic E-state index is 14.0. The van der Waals surface area contributed by atoms with Crippen molar-refractivity contribution in [2.45, 2.75) is 130 Å². The fourth-order valence-electron chi connectivity index (χ4n) is 7.05. The number of benzene rings is 6. The van der Waals surface area contributed by atoms with Crippen LogP contribution in [0.4, 0.5) is 26.3 Å². The summed E-state index contributed by atoms with van der Waals surface area (Å²) in [5.41, 5.74) is 10.0. The summed E-state index contributed by atoms with van der Waals surface area (Å²) in [6.07, 6.45) is -11.1. The number of halogens is 6. The van der Waals surface area contributed by atoms with E-state index < -0.39 is 28.9 Å². The van der Waals surface area contributed by atoms with Crippen LogP contribution in [0.3, 0.4) is 0 Å². The molecule has 6 aromatic rings. The first-order chi connectivity index (χ1) is 28.2. The summed E-state index contributed by atoms with van der Waals surface area (Å²) in [6.45, 7) is 28.2. The van der Waals surface area contributed by atoms with Crippen molar-refractivity contribution in [3.8, 4) is 0 Å². The molecule has 0 aliphatic carbocycles. The zero-order valence-electron chi connectivity index (χ0n) is 38.1. The topological polar surface area (TPSA) is 0 Å². The standard InChI is InChI=1S/C19H18F6.C19H24.C16H18S/c1-11-5-7-15(9-13(11)3)17(18(20,21)22,19(23,24)25)16-8-6-12(2)14(4)10-16;1-13-7-9-17(11-15(13)3)19(5,6)18-10-8-14(2)16(4)12-18;1-11-5-7-15(9-13(11)3)17-16-8-6-12(2)14(4)10-16/h5-10H,1-4H3;7-12H,1-6H3;5-10H,1-4H3. The average Bonchev–Trinajstić information content (AvgIpc) is 3.16. The van der Waals surface area contributed by atoms with Gasteiger partial charge in [0.05, 0.1) is 0 Å². The molecule has 7 heteroatoms. The monoisotopic (exact) mass is 854 g/mol. The van der Waals surface area contributed by atoms with Gasteiger partial charge in [-0.25, -0.2) is 0 Å². The van der Waals surface area contributed by atoms with E-state index in [1.54, 1.807) is 13.8 Å². The minimum absolute atomic E-state index is 0.0525. The molecule has 324 valence electrons. The minimum atomic E-state index is -5.55. The molecule has 0 unspecified atom stereocenters. The largest absolute Gasteiger partial charge is 0.411 e. The third-order valence-electron chi connectivity index (χ3n) is 12.4. The van der Waals surface area contributed by atoms with E-state index in [9.17, 15) is 26.3 Å². The molecule has 0 spiro atoms. The van der Waals surface area contributed by atoms with E-state index in [1.165, 1.54) is 91.4 Å². The Bertz CT molecular complexity index is 2310. The summed E-state index contributed by atoms with van der Waals surface area (Å²) in [5, 5.41) is 0. The van der Waals surface area contributed by atoms with Crippen LogP contribution in [0.2, 0.25) is 0 Å². The number of rotatable bonds is 6. The van der Waals surface area contributed by atoms with Gasteiger partial charge in [0.25, 0.3) is 0 Å². The number of hydrogen-bond donors (Lipinski definition) is 0. The van der Waals surface area contributed by atoms with Gasteiger partial charge in [0.1, 0.15) is 0 Å². The molecule has 61 heavy (non-hydrogen) atoms. The fourth-order valence-corrected chi connectivity index (χ4v) is 8.07. The van der Waals surface area contributed by atoms with Gasteiger partial charge >= 0.3 is 12.4 Å².